The summed E-state index contributed by atoms with van der Waals surface area (Å²) in [6, 6.07) is 10.2. The monoisotopic (exact) mass is 397 g/mol. The number of rotatable bonds is 5. The molecule has 29 heavy (non-hydrogen) atoms. The van der Waals surface area contributed by atoms with E-state index in [1.807, 2.05) is 23.1 Å². The van der Waals surface area contributed by atoms with Crippen molar-refractivity contribution in [1.29, 1.82) is 0 Å². The lowest BCUT2D eigenvalue weighted by Crippen LogP contribution is -2.38. The second-order valence-corrected chi connectivity index (χ2v) is 8.73. The molecule has 0 saturated carbocycles. The number of amides is 3. The van der Waals surface area contributed by atoms with Gasteiger partial charge in [-0.15, -0.1) is 0 Å². The lowest BCUT2D eigenvalue weighted by atomic mass is 9.81. The summed E-state index contributed by atoms with van der Waals surface area (Å²) in [6.07, 6.45) is 1.65. The molecule has 0 aliphatic carbocycles. The molecule has 4 fully saturated rings. The van der Waals surface area contributed by atoms with Gasteiger partial charge in [-0.2, -0.15) is 0 Å². The number of nitrogens with two attached hydrogens (primary N) is 1. The summed E-state index contributed by atoms with van der Waals surface area (Å²) in [5.74, 6) is -0.513. The minimum absolute atomic E-state index is 0.0150. The van der Waals surface area contributed by atoms with Crippen LogP contribution in [0, 0.1) is 17.8 Å². The van der Waals surface area contributed by atoms with Crippen LogP contribution in [0.3, 0.4) is 0 Å². The number of fused-ring (bicyclic) bond motifs is 5. The Labute approximate surface area is 170 Å². The third-order valence-corrected chi connectivity index (χ3v) is 7.25. The topological polar surface area (TPSA) is 92.9 Å². The quantitative estimate of drug-likeness (QED) is 0.740. The Balaban J connectivity index is 1.21. The number of hydrogen-bond donors (Lipinski definition) is 1. The van der Waals surface area contributed by atoms with Crippen LogP contribution in [0.1, 0.15) is 30.7 Å². The van der Waals surface area contributed by atoms with Gasteiger partial charge in [0.2, 0.25) is 17.7 Å². The second kappa shape index (κ2) is 7.22. The molecular weight excluding hydrogens is 370 g/mol. The number of hydrogen-bond acceptors (Lipinski definition) is 5. The van der Waals surface area contributed by atoms with Crippen molar-refractivity contribution in [2.24, 2.45) is 23.5 Å². The van der Waals surface area contributed by atoms with Crippen molar-refractivity contribution in [2.45, 2.75) is 37.4 Å². The van der Waals surface area contributed by atoms with Crippen molar-refractivity contribution < 1.29 is 19.1 Å². The molecule has 4 saturated heterocycles. The molecule has 1 aromatic rings. The van der Waals surface area contributed by atoms with E-state index in [0.29, 0.717) is 19.6 Å². The maximum atomic E-state index is 12.9. The number of ether oxygens (including phenoxy) is 1. The number of benzene rings is 1. The second-order valence-electron chi connectivity index (χ2n) is 8.73. The van der Waals surface area contributed by atoms with E-state index in [0.717, 1.165) is 12.8 Å². The van der Waals surface area contributed by atoms with Gasteiger partial charge in [0.05, 0.1) is 24.0 Å². The first-order valence-corrected chi connectivity index (χ1v) is 10.6. The van der Waals surface area contributed by atoms with E-state index in [-0.39, 0.29) is 66.6 Å². The molecule has 7 heteroatoms. The molecule has 1 aromatic carbocycles. The van der Waals surface area contributed by atoms with Crippen LogP contribution >= 0.6 is 0 Å². The molecule has 7 nitrogen and oxygen atoms in total. The first-order valence-electron chi connectivity index (χ1n) is 10.6. The molecule has 4 aliphatic heterocycles. The molecular formula is C22H27N3O4. The SMILES string of the molecule is NC[C@@H]1CN(C(=O)CCN2C(=O)C3C4CCC(O4)C3C2=O)C[C@H]1c1ccccc1. The van der Waals surface area contributed by atoms with Crippen molar-refractivity contribution in [2.75, 3.05) is 26.2 Å². The van der Waals surface area contributed by atoms with Gasteiger partial charge in [-0.1, -0.05) is 30.3 Å². The van der Waals surface area contributed by atoms with Gasteiger partial charge in [-0.25, -0.2) is 0 Å². The average Bonchev–Trinajstić information content (AvgIpc) is 3.50. The molecule has 0 spiro atoms. The van der Waals surface area contributed by atoms with E-state index in [1.54, 1.807) is 0 Å². The summed E-state index contributed by atoms with van der Waals surface area (Å²) in [4.78, 5) is 41.5. The molecule has 2 N–H and O–H groups in total. The van der Waals surface area contributed by atoms with Crippen LogP contribution in [0.2, 0.25) is 0 Å². The van der Waals surface area contributed by atoms with Crippen molar-refractivity contribution in [1.82, 2.24) is 9.80 Å². The molecule has 4 aliphatic rings. The molecule has 4 unspecified atom stereocenters. The smallest absolute Gasteiger partial charge is 0.235 e. The fourth-order valence-electron chi connectivity index (χ4n) is 5.75. The maximum absolute atomic E-state index is 12.9. The highest BCUT2D eigenvalue weighted by molar-refractivity contribution is 6.06. The fourth-order valence-corrected chi connectivity index (χ4v) is 5.75. The highest BCUT2D eigenvalue weighted by atomic mass is 16.5. The molecule has 5 rings (SSSR count). The Morgan fingerprint density at radius 1 is 1.03 bits per heavy atom. The van der Waals surface area contributed by atoms with Gasteiger partial charge >= 0.3 is 0 Å². The molecule has 3 amide bonds. The zero-order chi connectivity index (χ0) is 20.1. The summed E-state index contributed by atoms with van der Waals surface area (Å²) in [7, 11) is 0. The Bertz CT molecular complexity index is 801. The number of carbonyl (C=O) groups excluding carboxylic acids is 3. The van der Waals surface area contributed by atoms with E-state index in [9.17, 15) is 14.4 Å². The highest BCUT2D eigenvalue weighted by Gasteiger charge is 2.62. The van der Waals surface area contributed by atoms with Crippen molar-refractivity contribution in [3.63, 3.8) is 0 Å². The van der Waals surface area contributed by atoms with Gasteiger partial charge in [0.1, 0.15) is 0 Å². The van der Waals surface area contributed by atoms with Gasteiger partial charge in [0.25, 0.3) is 0 Å². The summed E-state index contributed by atoms with van der Waals surface area (Å²) in [5.41, 5.74) is 7.17. The minimum atomic E-state index is -0.327. The first kappa shape index (κ1) is 18.8. The summed E-state index contributed by atoms with van der Waals surface area (Å²) in [6.45, 7) is 1.96. The van der Waals surface area contributed by atoms with Crippen molar-refractivity contribution in [3.8, 4) is 0 Å². The van der Waals surface area contributed by atoms with Gasteiger partial charge < -0.3 is 15.4 Å². The number of nitrogens with zero attached hydrogens (tertiary/aromatic N) is 2. The van der Waals surface area contributed by atoms with E-state index < -0.39 is 0 Å². The lowest BCUT2D eigenvalue weighted by molar-refractivity contribution is -0.143. The third-order valence-electron chi connectivity index (χ3n) is 7.25. The zero-order valence-corrected chi connectivity index (χ0v) is 16.4. The van der Waals surface area contributed by atoms with E-state index >= 15 is 0 Å². The van der Waals surface area contributed by atoms with Gasteiger partial charge in [-0.3, -0.25) is 19.3 Å². The predicted molar refractivity (Wildman–Crippen MR) is 105 cm³/mol. The normalized spacial score (nSPS) is 35.6. The van der Waals surface area contributed by atoms with Crippen LogP contribution in [0.15, 0.2) is 30.3 Å². The Kier molecular flexibility index (Phi) is 4.67. The molecule has 2 bridgehead atoms. The first-order chi connectivity index (χ1) is 14.1. The number of imide groups is 1. The third kappa shape index (κ3) is 2.99. The van der Waals surface area contributed by atoms with Crippen LogP contribution in [0.25, 0.3) is 0 Å². The summed E-state index contributed by atoms with van der Waals surface area (Å²) < 4.78 is 5.76. The Hall–Kier alpha value is -2.25. The minimum Gasteiger partial charge on any atom is -0.373 e. The van der Waals surface area contributed by atoms with Gasteiger partial charge in [0, 0.05) is 32.0 Å². The maximum Gasteiger partial charge on any atom is 0.235 e. The van der Waals surface area contributed by atoms with E-state index in [2.05, 4.69) is 12.1 Å². The van der Waals surface area contributed by atoms with Crippen LogP contribution in [-0.4, -0.2) is 65.9 Å². The molecule has 0 aromatic heterocycles. The lowest BCUT2D eigenvalue weighted by Gasteiger charge is -2.20. The number of carbonyl (C=O) groups is 3. The standard InChI is InChI=1S/C22H27N3O4/c23-10-14-11-24(12-15(14)13-4-2-1-3-5-13)18(26)8-9-25-21(27)19-16-6-7-17(29-16)20(19)22(25)28/h1-5,14-17,19-20H,6-12,23H2/t14-,15+,16?,17?,19?,20?/m1/s1. The van der Waals surface area contributed by atoms with E-state index in [4.69, 9.17) is 10.5 Å². The summed E-state index contributed by atoms with van der Waals surface area (Å²) in [5, 5.41) is 0. The van der Waals surface area contributed by atoms with Gasteiger partial charge in [0.15, 0.2) is 0 Å². The van der Waals surface area contributed by atoms with Crippen molar-refractivity contribution >= 4 is 17.7 Å². The summed E-state index contributed by atoms with van der Waals surface area (Å²) >= 11 is 0. The average molecular weight is 397 g/mol. The van der Waals surface area contributed by atoms with Gasteiger partial charge in [-0.05, 0) is 30.9 Å². The highest BCUT2D eigenvalue weighted by Crippen LogP contribution is 2.48. The molecule has 154 valence electrons. The van der Waals surface area contributed by atoms with Crippen LogP contribution in [-0.2, 0) is 19.1 Å². The molecule has 4 heterocycles. The van der Waals surface area contributed by atoms with Crippen LogP contribution in [0.4, 0.5) is 0 Å². The zero-order valence-electron chi connectivity index (χ0n) is 16.4. The molecule has 6 atom stereocenters. The Morgan fingerprint density at radius 2 is 1.69 bits per heavy atom. The van der Waals surface area contributed by atoms with E-state index in [1.165, 1.54) is 10.5 Å². The predicted octanol–water partition coefficient (Wildman–Crippen LogP) is 0.740. The van der Waals surface area contributed by atoms with Crippen molar-refractivity contribution in [3.05, 3.63) is 35.9 Å². The number of likely N-dealkylation sites (tertiary alicyclic amines) is 2. The molecule has 0 radical (unpaired) electrons. The van der Waals surface area contributed by atoms with Crippen LogP contribution < -0.4 is 5.73 Å². The largest absolute Gasteiger partial charge is 0.373 e. The Morgan fingerprint density at radius 3 is 2.31 bits per heavy atom. The van der Waals surface area contributed by atoms with Crippen LogP contribution in [0.5, 0.6) is 0 Å². The fraction of sp³-hybridized carbons (Fsp3) is 0.591.